The molecule has 3 unspecified atom stereocenters. The van der Waals surface area contributed by atoms with Gasteiger partial charge in [-0.05, 0) is 39.5 Å². The summed E-state index contributed by atoms with van der Waals surface area (Å²) in [4.78, 5) is 4.60. The number of aliphatic imine (C=N–C) groups is 1. The predicted octanol–water partition coefficient (Wildman–Crippen LogP) is 3.21. The van der Waals surface area contributed by atoms with Crippen LogP contribution >= 0.6 is 24.0 Å². The number of halogens is 1. The summed E-state index contributed by atoms with van der Waals surface area (Å²) in [5.74, 6) is 1.67. The topological polar surface area (TPSA) is 53.5 Å². The van der Waals surface area contributed by atoms with Crippen LogP contribution in [-0.4, -0.2) is 40.3 Å². The quantitative estimate of drug-likeness (QED) is 0.210. The largest absolute Gasteiger partial charge is 0.357 e. The Morgan fingerprint density at radius 2 is 2.14 bits per heavy atom. The summed E-state index contributed by atoms with van der Waals surface area (Å²) in [6.45, 7) is 7.80. The Hall–Kier alpha value is -0.110. The molecule has 0 radical (unpaired) electrons. The van der Waals surface area contributed by atoms with Crippen molar-refractivity contribution in [1.82, 2.24) is 10.6 Å². The molecule has 0 aliphatic heterocycles. The highest BCUT2D eigenvalue weighted by atomic mass is 127. The molecule has 6 heteroatoms. The van der Waals surface area contributed by atoms with Crippen LogP contribution in [0.1, 0.15) is 52.9 Å². The first kappa shape index (κ1) is 21.9. The van der Waals surface area contributed by atoms with E-state index in [2.05, 4.69) is 34.7 Å². The molecule has 3 atom stereocenters. The van der Waals surface area contributed by atoms with E-state index in [4.69, 9.17) is 0 Å². The summed E-state index contributed by atoms with van der Waals surface area (Å²) >= 11 is 0. The molecule has 4 nitrogen and oxygen atoms in total. The van der Waals surface area contributed by atoms with Crippen molar-refractivity contribution < 1.29 is 4.21 Å². The first-order chi connectivity index (χ1) is 10.2. The molecule has 0 heterocycles. The van der Waals surface area contributed by atoms with Crippen molar-refractivity contribution in [2.45, 2.75) is 64.2 Å². The molecule has 0 amide bonds. The molecule has 1 saturated carbocycles. The van der Waals surface area contributed by atoms with E-state index >= 15 is 0 Å². The fourth-order valence-corrected chi connectivity index (χ4v) is 4.03. The van der Waals surface area contributed by atoms with E-state index in [-0.39, 0.29) is 24.0 Å². The molecule has 0 aromatic rings. The van der Waals surface area contributed by atoms with Crippen molar-refractivity contribution >= 4 is 40.7 Å². The zero-order chi connectivity index (χ0) is 15.5. The fourth-order valence-electron chi connectivity index (χ4n) is 2.68. The molecule has 2 N–H and O–H groups in total. The molecule has 0 saturated heterocycles. The van der Waals surface area contributed by atoms with Crippen LogP contribution in [0.25, 0.3) is 0 Å². The van der Waals surface area contributed by atoms with Crippen LogP contribution in [0, 0.1) is 0 Å². The Balaban J connectivity index is 0.00000441. The zero-order valence-corrected chi connectivity index (χ0v) is 17.3. The van der Waals surface area contributed by atoms with E-state index in [1.165, 1.54) is 0 Å². The van der Waals surface area contributed by atoms with Crippen molar-refractivity contribution in [3.8, 4) is 0 Å². The number of guanidine groups is 1. The SMILES string of the molecule is C/C=C/CCN=C(NCC)NC1CCCC(S(=O)CC)C1.I. The average molecular weight is 441 g/mol. The van der Waals surface area contributed by atoms with Gasteiger partial charge in [0.25, 0.3) is 0 Å². The third-order valence-corrected chi connectivity index (χ3v) is 5.51. The number of nitrogens with zero attached hydrogens (tertiary/aromatic N) is 1. The third-order valence-electron chi connectivity index (χ3n) is 3.77. The van der Waals surface area contributed by atoms with E-state index in [1.807, 2.05) is 13.8 Å². The lowest BCUT2D eigenvalue weighted by Crippen LogP contribution is -2.46. The van der Waals surface area contributed by atoms with Gasteiger partial charge in [-0.25, -0.2) is 0 Å². The Morgan fingerprint density at radius 1 is 1.36 bits per heavy atom. The van der Waals surface area contributed by atoms with E-state index in [9.17, 15) is 4.21 Å². The second-order valence-corrected chi connectivity index (χ2v) is 7.42. The van der Waals surface area contributed by atoms with Crippen LogP contribution in [0.2, 0.25) is 0 Å². The maximum atomic E-state index is 12.0. The number of nitrogens with one attached hydrogen (secondary N) is 2. The number of hydrogen-bond donors (Lipinski definition) is 2. The highest BCUT2D eigenvalue weighted by Crippen LogP contribution is 2.22. The maximum Gasteiger partial charge on any atom is 0.191 e. The molecule has 1 aliphatic rings. The van der Waals surface area contributed by atoms with Gasteiger partial charge in [0.1, 0.15) is 0 Å². The molecular weight excluding hydrogens is 409 g/mol. The normalized spacial score (nSPS) is 23.9. The first-order valence-electron chi connectivity index (χ1n) is 8.24. The van der Waals surface area contributed by atoms with Crippen molar-refractivity contribution in [2.75, 3.05) is 18.8 Å². The van der Waals surface area contributed by atoms with Gasteiger partial charge in [0.05, 0.1) is 0 Å². The Labute approximate surface area is 155 Å². The molecule has 1 fully saturated rings. The van der Waals surface area contributed by atoms with Gasteiger partial charge in [-0.2, -0.15) is 0 Å². The van der Waals surface area contributed by atoms with E-state index in [1.54, 1.807) is 0 Å². The predicted molar refractivity (Wildman–Crippen MR) is 109 cm³/mol. The lowest BCUT2D eigenvalue weighted by atomic mass is 9.95. The Bertz CT molecular complexity index is 374. The van der Waals surface area contributed by atoms with Crippen LogP contribution in [0.5, 0.6) is 0 Å². The van der Waals surface area contributed by atoms with Crippen LogP contribution in [0.3, 0.4) is 0 Å². The van der Waals surface area contributed by atoms with Crippen LogP contribution in [0.15, 0.2) is 17.1 Å². The highest BCUT2D eigenvalue weighted by molar-refractivity contribution is 14.0. The van der Waals surface area contributed by atoms with E-state index in [0.29, 0.717) is 11.3 Å². The van der Waals surface area contributed by atoms with Gasteiger partial charge in [0.2, 0.25) is 0 Å². The van der Waals surface area contributed by atoms with Gasteiger partial charge < -0.3 is 10.6 Å². The minimum Gasteiger partial charge on any atom is -0.357 e. The van der Waals surface area contributed by atoms with Gasteiger partial charge in [-0.1, -0.05) is 25.5 Å². The van der Waals surface area contributed by atoms with E-state index in [0.717, 1.165) is 56.9 Å². The van der Waals surface area contributed by atoms with Gasteiger partial charge in [-0.3, -0.25) is 9.20 Å². The molecule has 130 valence electrons. The summed E-state index contributed by atoms with van der Waals surface area (Å²) in [6.07, 6.45) is 9.58. The Kier molecular flexibility index (Phi) is 13.3. The number of rotatable bonds is 7. The molecule has 22 heavy (non-hydrogen) atoms. The zero-order valence-electron chi connectivity index (χ0n) is 14.1. The minimum absolute atomic E-state index is 0. The van der Waals surface area contributed by atoms with Gasteiger partial charge >= 0.3 is 0 Å². The van der Waals surface area contributed by atoms with Crippen LogP contribution in [-0.2, 0) is 10.8 Å². The molecule has 1 aliphatic carbocycles. The Morgan fingerprint density at radius 3 is 2.77 bits per heavy atom. The van der Waals surface area contributed by atoms with Crippen molar-refractivity contribution in [1.29, 1.82) is 0 Å². The standard InChI is InChI=1S/C16H31N3OS.HI/c1-4-7-8-12-18-16(17-5-2)19-14-10-9-11-15(13-14)21(20)6-3;/h4,7,14-15H,5-6,8-13H2,1-3H3,(H2,17,18,19);1H/b7-4+;. The molecule has 0 bridgehead atoms. The summed E-state index contributed by atoms with van der Waals surface area (Å²) in [5, 5.41) is 7.18. The van der Waals surface area contributed by atoms with Crippen LogP contribution in [0.4, 0.5) is 0 Å². The average Bonchev–Trinajstić information content (AvgIpc) is 2.51. The minimum atomic E-state index is -0.670. The molecule has 0 aromatic heterocycles. The maximum absolute atomic E-state index is 12.0. The summed E-state index contributed by atoms with van der Waals surface area (Å²) < 4.78 is 12.0. The van der Waals surface area contributed by atoms with Gasteiger partial charge in [-0.15, -0.1) is 24.0 Å². The van der Waals surface area contributed by atoms with Gasteiger partial charge in [0.15, 0.2) is 5.96 Å². The third kappa shape index (κ3) is 8.50. The second kappa shape index (κ2) is 13.3. The first-order valence-corrected chi connectivity index (χ1v) is 9.62. The highest BCUT2D eigenvalue weighted by Gasteiger charge is 2.25. The van der Waals surface area contributed by atoms with E-state index < -0.39 is 10.8 Å². The summed E-state index contributed by atoms with van der Waals surface area (Å²) in [5.41, 5.74) is 0. The molecule has 1 rings (SSSR count). The number of hydrogen-bond acceptors (Lipinski definition) is 2. The summed E-state index contributed by atoms with van der Waals surface area (Å²) in [6, 6.07) is 0.402. The van der Waals surface area contributed by atoms with Crippen molar-refractivity contribution in [3.05, 3.63) is 12.2 Å². The molecule has 0 spiro atoms. The van der Waals surface area contributed by atoms with Crippen molar-refractivity contribution in [2.24, 2.45) is 4.99 Å². The lowest BCUT2D eigenvalue weighted by Gasteiger charge is -2.30. The van der Waals surface area contributed by atoms with Crippen LogP contribution < -0.4 is 10.6 Å². The van der Waals surface area contributed by atoms with Gasteiger partial charge in [0, 0.05) is 40.9 Å². The monoisotopic (exact) mass is 441 g/mol. The lowest BCUT2D eigenvalue weighted by molar-refractivity contribution is 0.413. The molecule has 0 aromatic carbocycles. The smallest absolute Gasteiger partial charge is 0.191 e. The van der Waals surface area contributed by atoms with Crippen molar-refractivity contribution in [3.63, 3.8) is 0 Å². The second-order valence-electron chi connectivity index (χ2n) is 5.42. The fraction of sp³-hybridized carbons (Fsp3) is 0.812. The molecular formula is C16H32IN3OS. The summed E-state index contributed by atoms with van der Waals surface area (Å²) in [7, 11) is -0.670. The number of allylic oxidation sites excluding steroid dienone is 1.